The molecule has 0 bridgehead atoms. The van der Waals surface area contributed by atoms with Gasteiger partial charge in [-0.1, -0.05) is 103 Å². The van der Waals surface area contributed by atoms with E-state index in [1.807, 2.05) is 0 Å². The van der Waals surface area contributed by atoms with E-state index in [9.17, 15) is 10.5 Å². The van der Waals surface area contributed by atoms with Gasteiger partial charge in [0.15, 0.2) is 5.57 Å². The van der Waals surface area contributed by atoms with Crippen LogP contribution in [0.25, 0.3) is 10.8 Å². The molecule has 2 saturated heterocycles. The standard InChI is InChI=1S/C39H42N6/c40-26-37(27-41)39-44(23-24-45(39)31-36-17-10-16-35-15-5-6-18-38(35)36)22-21-43(28-32-11-3-1-4-12-32)30-34-14-9-13-33(25-34)29-42-19-7-2-8-20-42/h1,3-6,9-18,25H,2,7-8,19-24,28-31H2. The summed E-state index contributed by atoms with van der Waals surface area (Å²) in [6.07, 6.45) is 3.95. The van der Waals surface area contributed by atoms with Crippen molar-refractivity contribution in [1.29, 1.82) is 10.5 Å². The molecule has 0 aromatic heterocycles. The van der Waals surface area contributed by atoms with Crippen LogP contribution in [0.1, 0.15) is 41.5 Å². The van der Waals surface area contributed by atoms with Crippen molar-refractivity contribution in [2.75, 3.05) is 39.3 Å². The molecule has 0 spiro atoms. The first-order valence-electron chi connectivity index (χ1n) is 16.3. The second-order valence-corrected chi connectivity index (χ2v) is 12.3. The molecule has 0 radical (unpaired) electrons. The van der Waals surface area contributed by atoms with Gasteiger partial charge in [-0.05, 0) is 59.0 Å². The van der Waals surface area contributed by atoms with Crippen molar-refractivity contribution in [3.05, 3.63) is 131 Å². The molecule has 2 heterocycles. The SMILES string of the molecule is N#CC(C#N)=C1N(CCN(Cc2ccccc2)Cc2cccc(CN3CCCCC3)c2)CCN1Cc1cccc2ccccc12. The van der Waals surface area contributed by atoms with Crippen LogP contribution in [0.5, 0.6) is 0 Å². The van der Waals surface area contributed by atoms with Gasteiger partial charge in [-0.15, -0.1) is 0 Å². The minimum atomic E-state index is 0.188. The van der Waals surface area contributed by atoms with Crippen molar-refractivity contribution in [2.45, 2.75) is 45.4 Å². The van der Waals surface area contributed by atoms with Crippen molar-refractivity contribution < 1.29 is 0 Å². The van der Waals surface area contributed by atoms with Crippen LogP contribution in [0.3, 0.4) is 0 Å². The lowest BCUT2D eigenvalue weighted by atomic mass is 10.0. The number of hydrogen-bond acceptors (Lipinski definition) is 6. The Balaban J connectivity index is 1.19. The van der Waals surface area contributed by atoms with Gasteiger partial charge in [-0.25, -0.2) is 0 Å². The lowest BCUT2D eigenvalue weighted by Crippen LogP contribution is -2.34. The summed E-state index contributed by atoms with van der Waals surface area (Å²) in [4.78, 5) is 9.54. The smallest absolute Gasteiger partial charge is 0.169 e. The van der Waals surface area contributed by atoms with Crippen LogP contribution in [0.4, 0.5) is 0 Å². The average Bonchev–Trinajstić information content (AvgIpc) is 3.47. The highest BCUT2D eigenvalue weighted by molar-refractivity contribution is 5.85. The van der Waals surface area contributed by atoms with Crippen molar-refractivity contribution in [3.8, 4) is 12.1 Å². The Hall–Kier alpha value is -4.62. The lowest BCUT2D eigenvalue weighted by Gasteiger charge is -2.29. The van der Waals surface area contributed by atoms with Crippen molar-refractivity contribution >= 4 is 10.8 Å². The van der Waals surface area contributed by atoms with Gasteiger partial charge >= 0.3 is 0 Å². The molecule has 6 rings (SSSR count). The van der Waals surface area contributed by atoms with E-state index in [1.54, 1.807) is 0 Å². The molecular formula is C39H42N6. The minimum absolute atomic E-state index is 0.188. The Morgan fingerprint density at radius 1 is 0.644 bits per heavy atom. The van der Waals surface area contributed by atoms with E-state index in [2.05, 4.69) is 129 Å². The number of benzene rings is 4. The van der Waals surface area contributed by atoms with Gasteiger partial charge in [0.05, 0.1) is 0 Å². The fourth-order valence-electron chi connectivity index (χ4n) is 6.88. The Kier molecular flexibility index (Phi) is 10.1. The summed E-state index contributed by atoms with van der Waals surface area (Å²) in [6, 6.07) is 38.9. The predicted octanol–water partition coefficient (Wildman–Crippen LogP) is 6.90. The quantitative estimate of drug-likeness (QED) is 0.176. The molecule has 2 aliphatic heterocycles. The zero-order valence-corrected chi connectivity index (χ0v) is 26.1. The van der Waals surface area contributed by atoms with E-state index < -0.39 is 0 Å². The highest BCUT2D eigenvalue weighted by atomic mass is 15.4. The summed E-state index contributed by atoms with van der Waals surface area (Å²) in [5.41, 5.74) is 5.39. The molecule has 0 aliphatic carbocycles. The molecule has 4 aromatic carbocycles. The van der Waals surface area contributed by atoms with Crippen LogP contribution in [-0.2, 0) is 26.2 Å². The summed E-state index contributed by atoms with van der Waals surface area (Å²) in [5, 5.41) is 22.4. The van der Waals surface area contributed by atoms with Crippen molar-refractivity contribution in [1.82, 2.24) is 19.6 Å². The van der Waals surface area contributed by atoms with Crippen LogP contribution in [-0.4, -0.2) is 58.9 Å². The van der Waals surface area contributed by atoms with E-state index >= 15 is 0 Å². The van der Waals surface area contributed by atoms with Gasteiger partial charge in [-0.3, -0.25) is 9.80 Å². The van der Waals surface area contributed by atoms with Gasteiger partial charge in [0.2, 0.25) is 0 Å². The number of likely N-dealkylation sites (tertiary alicyclic amines) is 1. The van der Waals surface area contributed by atoms with Crippen molar-refractivity contribution in [2.24, 2.45) is 0 Å². The third kappa shape index (κ3) is 7.73. The van der Waals surface area contributed by atoms with E-state index in [1.165, 1.54) is 65.4 Å². The van der Waals surface area contributed by atoms with Crippen LogP contribution in [0.2, 0.25) is 0 Å². The Labute approximate surface area is 268 Å². The fourth-order valence-corrected chi connectivity index (χ4v) is 6.88. The maximum atomic E-state index is 9.97. The Morgan fingerprint density at radius 2 is 1.31 bits per heavy atom. The number of nitrogens with zero attached hydrogens (tertiary/aromatic N) is 6. The normalized spacial score (nSPS) is 15.4. The number of fused-ring (bicyclic) bond motifs is 1. The monoisotopic (exact) mass is 594 g/mol. The molecule has 0 amide bonds. The van der Waals surface area contributed by atoms with E-state index in [0.717, 1.165) is 51.6 Å². The minimum Gasteiger partial charge on any atom is -0.354 e. The molecular weight excluding hydrogens is 552 g/mol. The third-order valence-electron chi connectivity index (χ3n) is 9.11. The number of rotatable bonds is 11. The summed E-state index contributed by atoms with van der Waals surface area (Å²) in [5.74, 6) is 0.760. The molecule has 45 heavy (non-hydrogen) atoms. The first-order chi connectivity index (χ1) is 22.2. The molecule has 6 nitrogen and oxygen atoms in total. The number of piperidine rings is 1. The van der Waals surface area contributed by atoms with E-state index in [-0.39, 0.29) is 5.57 Å². The second-order valence-electron chi connectivity index (χ2n) is 12.3. The molecule has 0 atom stereocenters. The molecule has 0 unspecified atom stereocenters. The van der Waals surface area contributed by atoms with Gasteiger partial charge in [0, 0.05) is 52.4 Å². The second kappa shape index (κ2) is 14.9. The number of nitriles is 2. The molecule has 2 aliphatic rings. The largest absolute Gasteiger partial charge is 0.354 e. The van der Waals surface area contributed by atoms with E-state index in [4.69, 9.17) is 0 Å². The molecule has 2 fully saturated rings. The van der Waals surface area contributed by atoms with Crippen molar-refractivity contribution in [3.63, 3.8) is 0 Å². The molecule has 6 heteroatoms. The average molecular weight is 595 g/mol. The number of hydrogen-bond donors (Lipinski definition) is 0. The summed E-state index contributed by atoms with van der Waals surface area (Å²) >= 11 is 0. The molecule has 4 aromatic rings. The van der Waals surface area contributed by atoms with Crippen LogP contribution < -0.4 is 0 Å². The molecule has 228 valence electrons. The fraction of sp³-hybridized carbons (Fsp3) is 0.333. The Bertz CT molecular complexity index is 1670. The van der Waals surface area contributed by atoms with Gasteiger partial charge in [-0.2, -0.15) is 10.5 Å². The highest BCUT2D eigenvalue weighted by Crippen LogP contribution is 2.27. The number of allylic oxidation sites excluding steroid dienone is 1. The predicted molar refractivity (Wildman–Crippen MR) is 180 cm³/mol. The first-order valence-corrected chi connectivity index (χ1v) is 16.3. The zero-order chi connectivity index (χ0) is 30.8. The first kappa shape index (κ1) is 30.4. The van der Waals surface area contributed by atoms with Crippen LogP contribution in [0, 0.1) is 22.7 Å². The third-order valence-corrected chi connectivity index (χ3v) is 9.11. The van der Waals surface area contributed by atoms with Gasteiger partial charge in [0.25, 0.3) is 0 Å². The maximum Gasteiger partial charge on any atom is 0.169 e. The highest BCUT2D eigenvalue weighted by Gasteiger charge is 2.29. The van der Waals surface area contributed by atoms with Crippen LogP contribution >= 0.6 is 0 Å². The summed E-state index contributed by atoms with van der Waals surface area (Å²) < 4.78 is 0. The molecule has 0 N–H and O–H groups in total. The lowest BCUT2D eigenvalue weighted by molar-refractivity contribution is 0.216. The topological polar surface area (TPSA) is 60.5 Å². The van der Waals surface area contributed by atoms with E-state index in [0.29, 0.717) is 6.54 Å². The van der Waals surface area contributed by atoms with Crippen LogP contribution in [0.15, 0.2) is 108 Å². The van der Waals surface area contributed by atoms with Gasteiger partial charge < -0.3 is 9.80 Å². The van der Waals surface area contributed by atoms with Gasteiger partial charge in [0.1, 0.15) is 18.0 Å². The summed E-state index contributed by atoms with van der Waals surface area (Å²) in [6.45, 7) is 8.90. The Morgan fingerprint density at radius 3 is 2.13 bits per heavy atom. The summed E-state index contributed by atoms with van der Waals surface area (Å²) in [7, 11) is 0. The molecule has 0 saturated carbocycles. The zero-order valence-electron chi connectivity index (χ0n) is 26.1. The maximum absolute atomic E-state index is 9.97.